The van der Waals surface area contributed by atoms with E-state index in [1.807, 2.05) is 54.6 Å². The number of benzene rings is 2. The lowest BCUT2D eigenvalue weighted by Crippen LogP contribution is -2.13. The van der Waals surface area contributed by atoms with Crippen molar-refractivity contribution in [1.29, 1.82) is 0 Å². The highest BCUT2D eigenvalue weighted by atomic mass is 19.1. The van der Waals surface area contributed by atoms with Crippen LogP contribution in [0.1, 0.15) is 10.5 Å². The van der Waals surface area contributed by atoms with Crippen LogP contribution in [0.3, 0.4) is 0 Å². The standard InChI is InChI=1S/C29H19FN6O2/c30-21-10-20(14-31-15-21)26-9-7-22(16-33-26)34-29(37)28-25-12-18(6-8-27(25)35-36-28)19-11-24(17-32-13-19)38-23-4-2-1-3-5-23/h1-17H,(H,34,37)(H,35,36). The summed E-state index contributed by atoms with van der Waals surface area (Å²) in [6.07, 6.45) is 7.54. The fraction of sp³-hybridized carbons (Fsp3) is 0. The van der Waals surface area contributed by atoms with Gasteiger partial charge in [-0.25, -0.2) is 4.39 Å². The average Bonchev–Trinajstić information content (AvgIpc) is 3.38. The van der Waals surface area contributed by atoms with E-state index in [1.165, 1.54) is 18.5 Å². The molecule has 0 atom stereocenters. The van der Waals surface area contributed by atoms with Gasteiger partial charge in [-0.3, -0.25) is 24.8 Å². The second kappa shape index (κ2) is 9.90. The molecule has 0 aliphatic carbocycles. The van der Waals surface area contributed by atoms with E-state index in [2.05, 4.69) is 30.5 Å². The van der Waals surface area contributed by atoms with Gasteiger partial charge >= 0.3 is 0 Å². The van der Waals surface area contributed by atoms with Crippen molar-refractivity contribution in [1.82, 2.24) is 25.1 Å². The largest absolute Gasteiger partial charge is 0.456 e. The fourth-order valence-corrected chi connectivity index (χ4v) is 4.00. The van der Waals surface area contributed by atoms with Crippen LogP contribution in [0.2, 0.25) is 0 Å². The van der Waals surface area contributed by atoms with Crippen molar-refractivity contribution >= 4 is 22.5 Å². The van der Waals surface area contributed by atoms with Crippen LogP contribution < -0.4 is 10.1 Å². The smallest absolute Gasteiger partial charge is 0.276 e. The molecule has 8 nitrogen and oxygen atoms in total. The van der Waals surface area contributed by atoms with Gasteiger partial charge in [0.05, 0.1) is 35.5 Å². The molecule has 0 aliphatic rings. The van der Waals surface area contributed by atoms with Crippen molar-refractivity contribution in [3.8, 4) is 33.9 Å². The summed E-state index contributed by atoms with van der Waals surface area (Å²) in [5, 5.41) is 10.6. The Labute approximate surface area is 216 Å². The number of ether oxygens (including phenoxy) is 1. The zero-order valence-electron chi connectivity index (χ0n) is 19.8. The molecule has 0 unspecified atom stereocenters. The molecule has 0 saturated heterocycles. The first-order valence-corrected chi connectivity index (χ1v) is 11.7. The number of rotatable bonds is 6. The molecule has 2 aromatic carbocycles. The monoisotopic (exact) mass is 502 g/mol. The number of hydrogen-bond acceptors (Lipinski definition) is 6. The Morgan fingerprint density at radius 3 is 2.45 bits per heavy atom. The molecule has 38 heavy (non-hydrogen) atoms. The van der Waals surface area contributed by atoms with Gasteiger partial charge in [0.2, 0.25) is 0 Å². The molecule has 4 aromatic heterocycles. The van der Waals surface area contributed by atoms with Crippen molar-refractivity contribution in [2.75, 3.05) is 5.32 Å². The van der Waals surface area contributed by atoms with Crippen molar-refractivity contribution in [2.24, 2.45) is 0 Å². The number of para-hydroxylation sites is 1. The molecule has 0 bridgehead atoms. The molecule has 0 radical (unpaired) electrons. The molecule has 9 heteroatoms. The first-order valence-electron chi connectivity index (χ1n) is 11.7. The number of hydrogen-bond donors (Lipinski definition) is 2. The number of carbonyl (C=O) groups excluding carboxylic acids is 1. The number of nitrogens with zero attached hydrogens (tertiary/aromatic N) is 4. The van der Waals surface area contributed by atoms with E-state index in [0.29, 0.717) is 33.8 Å². The topological polar surface area (TPSA) is 106 Å². The van der Waals surface area contributed by atoms with Crippen molar-refractivity contribution < 1.29 is 13.9 Å². The van der Waals surface area contributed by atoms with Gasteiger partial charge in [-0.05, 0) is 54.1 Å². The number of fused-ring (bicyclic) bond motifs is 1. The minimum atomic E-state index is -0.447. The van der Waals surface area contributed by atoms with Crippen molar-refractivity contribution in [3.05, 3.63) is 115 Å². The summed E-state index contributed by atoms with van der Waals surface area (Å²) < 4.78 is 19.4. The molecule has 1 amide bonds. The van der Waals surface area contributed by atoms with Crippen molar-refractivity contribution in [3.63, 3.8) is 0 Å². The van der Waals surface area contributed by atoms with Gasteiger partial charge in [0, 0.05) is 28.9 Å². The highest BCUT2D eigenvalue weighted by molar-refractivity contribution is 6.11. The fourth-order valence-electron chi connectivity index (χ4n) is 4.00. The molecule has 0 aliphatic heterocycles. The minimum absolute atomic E-state index is 0.241. The maximum absolute atomic E-state index is 13.5. The predicted molar refractivity (Wildman–Crippen MR) is 141 cm³/mol. The summed E-state index contributed by atoms with van der Waals surface area (Å²) in [5.74, 6) is 0.474. The van der Waals surface area contributed by atoms with Crippen molar-refractivity contribution in [2.45, 2.75) is 0 Å². The third kappa shape index (κ3) is 4.80. The van der Waals surface area contributed by atoms with Gasteiger partial charge in [0.25, 0.3) is 5.91 Å². The summed E-state index contributed by atoms with van der Waals surface area (Å²) >= 11 is 0. The van der Waals surface area contributed by atoms with E-state index in [0.717, 1.165) is 22.8 Å². The molecule has 184 valence electrons. The summed E-state index contributed by atoms with van der Waals surface area (Å²) in [7, 11) is 0. The number of amides is 1. The number of aromatic nitrogens is 5. The number of halogens is 1. The Morgan fingerprint density at radius 1 is 0.789 bits per heavy atom. The molecule has 6 aromatic rings. The Bertz CT molecular complexity index is 1750. The van der Waals surface area contributed by atoms with E-state index in [1.54, 1.807) is 24.5 Å². The number of nitrogens with one attached hydrogen (secondary N) is 2. The summed E-state index contributed by atoms with van der Waals surface area (Å²) in [6, 6.07) is 21.8. The molecule has 6 rings (SSSR count). The van der Waals surface area contributed by atoms with Crippen LogP contribution >= 0.6 is 0 Å². The molecule has 4 heterocycles. The normalized spacial score (nSPS) is 10.9. The average molecular weight is 503 g/mol. The van der Waals surface area contributed by atoms with E-state index in [4.69, 9.17) is 4.74 Å². The van der Waals surface area contributed by atoms with Crippen LogP contribution in [-0.4, -0.2) is 31.1 Å². The van der Waals surface area contributed by atoms with E-state index < -0.39 is 11.7 Å². The number of aromatic amines is 1. The van der Waals surface area contributed by atoms with Gasteiger partial charge < -0.3 is 10.1 Å². The zero-order chi connectivity index (χ0) is 25.9. The summed E-state index contributed by atoms with van der Waals surface area (Å²) in [4.78, 5) is 25.5. The first kappa shape index (κ1) is 23.0. The maximum Gasteiger partial charge on any atom is 0.276 e. The number of carbonyl (C=O) groups is 1. The molecular formula is C29H19FN6O2. The highest BCUT2D eigenvalue weighted by Gasteiger charge is 2.16. The van der Waals surface area contributed by atoms with E-state index >= 15 is 0 Å². The van der Waals surface area contributed by atoms with Crippen LogP contribution in [0.4, 0.5) is 10.1 Å². The van der Waals surface area contributed by atoms with Crippen LogP contribution in [0.25, 0.3) is 33.3 Å². The lowest BCUT2D eigenvalue weighted by molar-refractivity contribution is 0.102. The second-order valence-electron chi connectivity index (χ2n) is 8.44. The van der Waals surface area contributed by atoms with Gasteiger partial charge in [-0.15, -0.1) is 0 Å². The van der Waals surface area contributed by atoms with Gasteiger partial charge in [0.1, 0.15) is 17.3 Å². The Kier molecular flexibility index (Phi) is 5.99. The third-order valence-corrected chi connectivity index (χ3v) is 5.83. The molecule has 0 fully saturated rings. The molecule has 0 spiro atoms. The quantitative estimate of drug-likeness (QED) is 0.278. The summed E-state index contributed by atoms with van der Waals surface area (Å²) in [5.41, 5.74) is 4.21. The summed E-state index contributed by atoms with van der Waals surface area (Å²) in [6.45, 7) is 0. The van der Waals surface area contributed by atoms with Crippen LogP contribution in [0.5, 0.6) is 11.5 Å². The maximum atomic E-state index is 13.5. The first-order chi connectivity index (χ1) is 18.6. The SMILES string of the molecule is O=C(Nc1ccc(-c2cncc(F)c2)nc1)c1n[nH]c2ccc(-c3cncc(Oc4ccccc4)c3)cc12. The highest BCUT2D eigenvalue weighted by Crippen LogP contribution is 2.29. The second-order valence-corrected chi connectivity index (χ2v) is 8.44. The third-order valence-electron chi connectivity index (χ3n) is 5.83. The van der Waals surface area contributed by atoms with Crippen LogP contribution in [-0.2, 0) is 0 Å². The molecule has 2 N–H and O–H groups in total. The van der Waals surface area contributed by atoms with E-state index in [-0.39, 0.29) is 5.69 Å². The Morgan fingerprint density at radius 2 is 1.63 bits per heavy atom. The Balaban J connectivity index is 1.23. The lowest BCUT2D eigenvalue weighted by atomic mass is 10.0. The van der Waals surface area contributed by atoms with Crippen LogP contribution in [0, 0.1) is 5.82 Å². The number of anilines is 1. The minimum Gasteiger partial charge on any atom is -0.456 e. The van der Waals surface area contributed by atoms with Crippen LogP contribution in [0.15, 0.2) is 104 Å². The molecule has 0 saturated carbocycles. The van der Waals surface area contributed by atoms with Gasteiger partial charge in [-0.2, -0.15) is 5.10 Å². The van der Waals surface area contributed by atoms with Gasteiger partial charge in [-0.1, -0.05) is 24.3 Å². The number of pyridine rings is 3. The van der Waals surface area contributed by atoms with Gasteiger partial charge in [0.15, 0.2) is 5.69 Å². The molecular weight excluding hydrogens is 483 g/mol. The number of H-pyrrole nitrogens is 1. The lowest BCUT2D eigenvalue weighted by Gasteiger charge is -2.08. The van der Waals surface area contributed by atoms with E-state index in [9.17, 15) is 9.18 Å². The zero-order valence-corrected chi connectivity index (χ0v) is 19.8. The Hall–Kier alpha value is -5.44. The predicted octanol–water partition coefficient (Wildman–Crippen LogP) is 6.27.